The molecule has 0 spiro atoms. The van der Waals surface area contributed by atoms with Crippen molar-refractivity contribution in [1.29, 1.82) is 0 Å². The molecule has 11 heteroatoms. The summed E-state index contributed by atoms with van der Waals surface area (Å²) in [6.45, 7) is 1.29. The first-order valence-corrected chi connectivity index (χ1v) is 16.5. The smallest absolute Gasteiger partial charge is 0.264 e. The molecule has 0 bridgehead atoms. The highest BCUT2D eigenvalue weighted by Crippen LogP contribution is 2.32. The highest BCUT2D eigenvalue weighted by molar-refractivity contribution is 9.10. The third-order valence-electron chi connectivity index (χ3n) is 7.63. The predicted molar refractivity (Wildman–Crippen MR) is 170 cm³/mol. The van der Waals surface area contributed by atoms with Crippen LogP contribution in [0.15, 0.2) is 82.2 Å². The van der Waals surface area contributed by atoms with Crippen LogP contribution in [0.5, 0.6) is 11.5 Å². The number of rotatable bonds is 12. The van der Waals surface area contributed by atoms with Crippen molar-refractivity contribution < 1.29 is 27.5 Å². The number of halogens is 1. The standard InChI is InChI=1S/C32H38BrN3O6S/c1-23(32(38)34-26-13-6-4-7-14-26)35(21-24-11-10-12-25(33)19-24)31(37)22-36(27-15-8-5-9-16-27)43(39,40)28-17-18-29(41-2)30(20-28)42-3/h5,8-12,15-20,23,26H,4,6-7,13-14,21-22H2,1-3H3,(H,34,38)/t23-/m0/s1. The van der Waals surface area contributed by atoms with Gasteiger partial charge in [0.2, 0.25) is 11.8 Å². The molecule has 3 aromatic rings. The van der Waals surface area contributed by atoms with Gasteiger partial charge in [-0.3, -0.25) is 13.9 Å². The number of carbonyl (C=O) groups excluding carboxylic acids is 2. The molecule has 0 aromatic heterocycles. The van der Waals surface area contributed by atoms with Gasteiger partial charge in [-0.15, -0.1) is 0 Å². The van der Waals surface area contributed by atoms with Crippen LogP contribution in [0.25, 0.3) is 0 Å². The Morgan fingerprint density at radius 3 is 2.28 bits per heavy atom. The maximum absolute atomic E-state index is 14.1. The summed E-state index contributed by atoms with van der Waals surface area (Å²) in [6.07, 6.45) is 5.08. The molecule has 1 aliphatic carbocycles. The monoisotopic (exact) mass is 671 g/mol. The molecule has 9 nitrogen and oxygen atoms in total. The minimum atomic E-state index is -4.25. The molecule has 43 heavy (non-hydrogen) atoms. The maximum atomic E-state index is 14.1. The lowest BCUT2D eigenvalue weighted by Gasteiger charge is -2.33. The Labute approximate surface area is 262 Å². The third kappa shape index (κ3) is 8.08. The van der Waals surface area contributed by atoms with Crippen LogP contribution in [0, 0.1) is 0 Å². The Morgan fingerprint density at radius 1 is 0.930 bits per heavy atom. The average molecular weight is 673 g/mol. The van der Waals surface area contributed by atoms with Gasteiger partial charge in [-0.2, -0.15) is 0 Å². The Bertz CT molecular complexity index is 1510. The summed E-state index contributed by atoms with van der Waals surface area (Å²) in [5.74, 6) is -0.155. The number of methoxy groups -OCH3 is 2. The summed E-state index contributed by atoms with van der Waals surface area (Å²) in [7, 11) is -1.36. The van der Waals surface area contributed by atoms with Crippen molar-refractivity contribution in [2.45, 2.75) is 62.6 Å². The molecule has 0 unspecified atom stereocenters. The van der Waals surface area contributed by atoms with Crippen molar-refractivity contribution in [3.63, 3.8) is 0 Å². The number of para-hydroxylation sites is 1. The Balaban J connectivity index is 1.68. The minimum Gasteiger partial charge on any atom is -0.493 e. The Kier molecular flexibility index (Phi) is 11.1. The molecule has 230 valence electrons. The fourth-order valence-corrected chi connectivity index (χ4v) is 7.09. The van der Waals surface area contributed by atoms with Gasteiger partial charge in [0.1, 0.15) is 12.6 Å². The van der Waals surface area contributed by atoms with Crippen LogP contribution in [0.2, 0.25) is 0 Å². The van der Waals surface area contributed by atoms with E-state index in [0.717, 1.165) is 46.4 Å². The van der Waals surface area contributed by atoms with E-state index in [1.165, 1.54) is 37.3 Å². The van der Waals surface area contributed by atoms with Crippen molar-refractivity contribution >= 4 is 43.5 Å². The van der Waals surface area contributed by atoms with Crippen LogP contribution in [0.3, 0.4) is 0 Å². The number of benzene rings is 3. The number of carbonyl (C=O) groups is 2. The lowest BCUT2D eigenvalue weighted by Crippen LogP contribution is -2.53. The van der Waals surface area contributed by atoms with E-state index in [9.17, 15) is 18.0 Å². The Hall–Kier alpha value is -3.57. The lowest BCUT2D eigenvalue weighted by atomic mass is 9.95. The first-order chi connectivity index (χ1) is 20.6. The van der Waals surface area contributed by atoms with E-state index >= 15 is 0 Å². The summed E-state index contributed by atoms with van der Waals surface area (Å²) in [5, 5.41) is 3.12. The zero-order chi connectivity index (χ0) is 31.0. The molecular weight excluding hydrogens is 634 g/mol. The number of anilines is 1. The van der Waals surface area contributed by atoms with Gasteiger partial charge in [-0.25, -0.2) is 8.42 Å². The van der Waals surface area contributed by atoms with E-state index in [2.05, 4.69) is 21.2 Å². The molecule has 0 heterocycles. The molecule has 1 fully saturated rings. The Morgan fingerprint density at radius 2 is 1.63 bits per heavy atom. The summed E-state index contributed by atoms with van der Waals surface area (Å²) in [6, 6.07) is 19.4. The molecule has 3 aromatic carbocycles. The van der Waals surface area contributed by atoms with Crippen molar-refractivity contribution in [1.82, 2.24) is 10.2 Å². The van der Waals surface area contributed by atoms with Gasteiger partial charge in [-0.1, -0.05) is 65.5 Å². The average Bonchev–Trinajstić information content (AvgIpc) is 3.02. The van der Waals surface area contributed by atoms with Crippen LogP contribution in [0.4, 0.5) is 5.69 Å². The van der Waals surface area contributed by atoms with Gasteiger partial charge in [-0.05, 0) is 61.7 Å². The number of amides is 2. The van der Waals surface area contributed by atoms with E-state index in [1.807, 2.05) is 24.3 Å². The van der Waals surface area contributed by atoms with Crippen LogP contribution in [-0.2, 0) is 26.2 Å². The van der Waals surface area contributed by atoms with E-state index in [1.54, 1.807) is 37.3 Å². The van der Waals surface area contributed by atoms with Gasteiger partial charge < -0.3 is 19.7 Å². The van der Waals surface area contributed by atoms with Gasteiger partial charge in [0.05, 0.1) is 24.8 Å². The van der Waals surface area contributed by atoms with Crippen LogP contribution >= 0.6 is 15.9 Å². The molecule has 0 aliphatic heterocycles. The summed E-state index contributed by atoms with van der Waals surface area (Å²) >= 11 is 3.48. The first-order valence-electron chi connectivity index (χ1n) is 14.3. The lowest BCUT2D eigenvalue weighted by molar-refractivity contribution is -0.139. The molecule has 1 aliphatic rings. The molecule has 2 amide bonds. The second kappa shape index (κ2) is 14.7. The second-order valence-electron chi connectivity index (χ2n) is 10.5. The van der Waals surface area contributed by atoms with E-state index in [0.29, 0.717) is 11.4 Å². The molecular formula is C32H38BrN3O6S. The molecule has 1 N–H and O–H groups in total. The number of nitrogens with zero attached hydrogens (tertiary/aromatic N) is 2. The van der Waals surface area contributed by atoms with Crippen LogP contribution in [0.1, 0.15) is 44.6 Å². The predicted octanol–water partition coefficient (Wildman–Crippen LogP) is 5.53. The van der Waals surface area contributed by atoms with Crippen LogP contribution < -0.4 is 19.1 Å². The number of sulfonamides is 1. The maximum Gasteiger partial charge on any atom is 0.264 e. The van der Waals surface area contributed by atoms with E-state index < -0.39 is 28.5 Å². The topological polar surface area (TPSA) is 105 Å². The quantitative estimate of drug-likeness (QED) is 0.272. The number of hydrogen-bond donors (Lipinski definition) is 1. The number of nitrogens with one attached hydrogen (secondary N) is 1. The largest absolute Gasteiger partial charge is 0.493 e. The van der Waals surface area contributed by atoms with Gasteiger partial charge >= 0.3 is 0 Å². The zero-order valence-electron chi connectivity index (χ0n) is 24.7. The fourth-order valence-electron chi connectivity index (χ4n) is 5.21. The van der Waals surface area contributed by atoms with E-state index in [4.69, 9.17) is 9.47 Å². The first kappa shape index (κ1) is 32.3. The zero-order valence-corrected chi connectivity index (χ0v) is 27.1. The van der Waals surface area contributed by atoms with E-state index in [-0.39, 0.29) is 29.1 Å². The highest BCUT2D eigenvalue weighted by atomic mass is 79.9. The fraction of sp³-hybridized carbons (Fsp3) is 0.375. The normalized spacial score (nSPS) is 14.4. The molecule has 1 saturated carbocycles. The second-order valence-corrected chi connectivity index (χ2v) is 13.3. The summed E-state index contributed by atoms with van der Waals surface area (Å²) in [5.41, 5.74) is 1.11. The van der Waals surface area contributed by atoms with Gasteiger partial charge in [0.15, 0.2) is 11.5 Å². The van der Waals surface area contributed by atoms with Crippen molar-refractivity contribution in [2.75, 3.05) is 25.1 Å². The SMILES string of the molecule is COc1ccc(S(=O)(=O)N(CC(=O)N(Cc2cccc(Br)c2)[C@@H](C)C(=O)NC2CCCCC2)c2ccccc2)cc1OC. The minimum absolute atomic E-state index is 0.0663. The van der Waals surface area contributed by atoms with Crippen LogP contribution in [-0.4, -0.2) is 58.0 Å². The molecule has 0 saturated heterocycles. The molecule has 1 atom stereocenters. The summed E-state index contributed by atoms with van der Waals surface area (Å²) in [4.78, 5) is 29.0. The molecule has 0 radical (unpaired) electrons. The number of hydrogen-bond acceptors (Lipinski definition) is 6. The van der Waals surface area contributed by atoms with Crippen molar-refractivity contribution in [3.8, 4) is 11.5 Å². The van der Waals surface area contributed by atoms with Gasteiger partial charge in [0, 0.05) is 23.1 Å². The number of ether oxygens (including phenoxy) is 2. The third-order valence-corrected chi connectivity index (χ3v) is 9.89. The van der Waals surface area contributed by atoms with Crippen molar-refractivity contribution in [3.05, 3.63) is 82.8 Å². The molecule has 4 rings (SSSR count). The van der Waals surface area contributed by atoms with Gasteiger partial charge in [0.25, 0.3) is 10.0 Å². The van der Waals surface area contributed by atoms with Crippen molar-refractivity contribution in [2.24, 2.45) is 0 Å². The summed E-state index contributed by atoms with van der Waals surface area (Å²) < 4.78 is 40.7. The highest BCUT2D eigenvalue weighted by Gasteiger charge is 2.33.